The van der Waals surface area contributed by atoms with E-state index in [4.69, 9.17) is 5.73 Å². The van der Waals surface area contributed by atoms with E-state index in [9.17, 15) is 9.90 Å². The molecule has 0 aliphatic carbocycles. The molecule has 0 radical (unpaired) electrons. The van der Waals surface area contributed by atoms with Crippen LogP contribution in [0.3, 0.4) is 0 Å². The van der Waals surface area contributed by atoms with Gasteiger partial charge in [-0.15, -0.1) is 0 Å². The Morgan fingerprint density at radius 2 is 1.69 bits per heavy atom. The molecule has 35 heavy (non-hydrogen) atoms. The molecular formula is C30H59N3O2. The Morgan fingerprint density at radius 3 is 2.09 bits per heavy atom. The summed E-state index contributed by atoms with van der Waals surface area (Å²) in [4.78, 5) is 15.5. The average molecular weight is 494 g/mol. The highest BCUT2D eigenvalue weighted by Crippen LogP contribution is 2.17. The van der Waals surface area contributed by atoms with Gasteiger partial charge < -0.3 is 16.2 Å². The molecule has 5 nitrogen and oxygen atoms in total. The van der Waals surface area contributed by atoms with Gasteiger partial charge in [0.15, 0.2) is 0 Å². The number of primary amides is 1. The molecule has 1 fully saturated rings. The van der Waals surface area contributed by atoms with Gasteiger partial charge in [-0.05, 0) is 70.9 Å². The van der Waals surface area contributed by atoms with Gasteiger partial charge in [0.05, 0.1) is 5.60 Å². The minimum Gasteiger partial charge on any atom is -0.390 e. The van der Waals surface area contributed by atoms with Crippen molar-refractivity contribution >= 4 is 11.6 Å². The molecular weight excluding hydrogens is 434 g/mol. The third-order valence-corrected chi connectivity index (χ3v) is 4.64. The van der Waals surface area contributed by atoms with Crippen LogP contribution in [-0.4, -0.2) is 41.5 Å². The Labute approximate surface area is 218 Å². The molecule has 1 aliphatic rings. The van der Waals surface area contributed by atoms with E-state index in [1.807, 2.05) is 79.7 Å². The van der Waals surface area contributed by atoms with Crippen molar-refractivity contribution in [2.45, 2.75) is 126 Å². The number of carbonyl (C=O) groups excluding carboxylic acids is 1. The van der Waals surface area contributed by atoms with Crippen molar-refractivity contribution in [2.24, 2.45) is 16.6 Å². The van der Waals surface area contributed by atoms with Crippen LogP contribution in [0.25, 0.3) is 0 Å². The number of aryl methyl sites for hydroxylation is 1. The zero-order chi connectivity index (χ0) is 27.9. The fraction of sp³-hybridized carbons (Fsp3) is 0.733. The van der Waals surface area contributed by atoms with E-state index < -0.39 is 11.5 Å². The van der Waals surface area contributed by atoms with Crippen molar-refractivity contribution in [3.63, 3.8) is 0 Å². The first-order valence-electron chi connectivity index (χ1n) is 13.8. The lowest BCUT2D eigenvalue weighted by Crippen LogP contribution is -2.35. The van der Waals surface area contributed by atoms with Crippen molar-refractivity contribution in [3.05, 3.63) is 35.4 Å². The van der Waals surface area contributed by atoms with Gasteiger partial charge in [0.25, 0.3) is 5.91 Å². The van der Waals surface area contributed by atoms with Gasteiger partial charge >= 0.3 is 0 Å². The van der Waals surface area contributed by atoms with Gasteiger partial charge in [-0.1, -0.05) is 86.1 Å². The highest BCUT2D eigenvalue weighted by atomic mass is 16.3. The number of nitrogens with one attached hydrogen (secondary N) is 1. The summed E-state index contributed by atoms with van der Waals surface area (Å²) >= 11 is 0. The predicted molar refractivity (Wildman–Crippen MR) is 156 cm³/mol. The first kappa shape index (κ1) is 37.8. The molecule has 0 bridgehead atoms. The lowest BCUT2D eigenvalue weighted by Gasteiger charge is -2.26. The third-order valence-electron chi connectivity index (χ3n) is 4.64. The zero-order valence-corrected chi connectivity index (χ0v) is 25.0. The Hall–Kier alpha value is -1.72. The molecule has 1 heterocycles. The molecule has 5 heteroatoms. The van der Waals surface area contributed by atoms with Crippen molar-refractivity contribution in [3.8, 4) is 0 Å². The number of carbonyl (C=O) groups is 1. The van der Waals surface area contributed by atoms with Crippen LogP contribution >= 0.6 is 0 Å². The molecule has 1 amide bonds. The maximum absolute atomic E-state index is 11.2. The summed E-state index contributed by atoms with van der Waals surface area (Å²) in [6.07, 6.45) is 6.88. The van der Waals surface area contributed by atoms with Gasteiger partial charge in [0.1, 0.15) is 5.71 Å². The molecule has 1 atom stereocenters. The Bertz CT molecular complexity index is 640. The highest BCUT2D eigenvalue weighted by Gasteiger charge is 2.17. The summed E-state index contributed by atoms with van der Waals surface area (Å²) < 4.78 is 0. The van der Waals surface area contributed by atoms with E-state index in [0.29, 0.717) is 18.3 Å². The number of aliphatic imine (C=N–C) groups is 1. The summed E-state index contributed by atoms with van der Waals surface area (Å²) in [6, 6.07) is 8.28. The fourth-order valence-corrected chi connectivity index (χ4v) is 3.06. The second kappa shape index (κ2) is 24.0. The van der Waals surface area contributed by atoms with Crippen LogP contribution in [0, 0.1) is 12.8 Å². The number of rotatable bonds is 7. The standard InChI is InChI=1S/C12H16N2O.C10H21NO.C4H10.2C2H6/c1-3-8-14-11(12(13)15)10-7-5-4-6-9(10)2;1-10(2,12)7-6-9-5-3-4-8-11-9;1-4(2)3;2*1-2/h4-7H,3,8H2,1-2H3,(H2,13,15);9,11-12H,3-8H2,1-2H3;4H,1-3H3;2*1-2H3/t;9-;;;/m.0.../s1. The number of nitrogens with two attached hydrogens (primary N) is 1. The third kappa shape index (κ3) is 23.8. The second-order valence-corrected chi connectivity index (χ2v) is 9.64. The van der Waals surface area contributed by atoms with Crippen molar-refractivity contribution in [1.29, 1.82) is 0 Å². The first-order chi connectivity index (χ1) is 16.5. The van der Waals surface area contributed by atoms with Crippen LogP contribution < -0.4 is 11.1 Å². The van der Waals surface area contributed by atoms with Crippen LogP contribution in [0.5, 0.6) is 0 Å². The summed E-state index contributed by atoms with van der Waals surface area (Å²) in [5.74, 6) is 0.373. The monoisotopic (exact) mass is 493 g/mol. The average Bonchev–Trinajstić information content (AvgIpc) is 2.82. The maximum Gasteiger partial charge on any atom is 0.267 e. The molecule has 0 aromatic heterocycles. The van der Waals surface area contributed by atoms with Crippen molar-refractivity contribution in [2.75, 3.05) is 13.1 Å². The van der Waals surface area contributed by atoms with Crippen LogP contribution in [0.2, 0.25) is 0 Å². The zero-order valence-electron chi connectivity index (χ0n) is 25.0. The largest absolute Gasteiger partial charge is 0.390 e. The number of amides is 1. The van der Waals surface area contributed by atoms with Gasteiger partial charge in [0, 0.05) is 18.2 Å². The van der Waals surface area contributed by atoms with Gasteiger partial charge in [-0.2, -0.15) is 0 Å². The normalized spacial score (nSPS) is 15.1. The number of aliphatic hydroxyl groups is 1. The van der Waals surface area contributed by atoms with Gasteiger partial charge in [-0.3, -0.25) is 9.79 Å². The van der Waals surface area contributed by atoms with Crippen LogP contribution in [-0.2, 0) is 4.79 Å². The number of nitrogens with zero attached hydrogens (tertiary/aromatic N) is 1. The molecule has 1 aromatic rings. The summed E-state index contributed by atoms with van der Waals surface area (Å²) in [5.41, 5.74) is 7.06. The Kier molecular flexibility index (Phi) is 25.9. The number of hydrogen-bond acceptors (Lipinski definition) is 4. The van der Waals surface area contributed by atoms with Crippen LogP contribution in [0.15, 0.2) is 29.3 Å². The molecule has 1 aliphatic heterocycles. The molecule has 1 saturated heterocycles. The minimum absolute atomic E-state index is 0.384. The smallest absolute Gasteiger partial charge is 0.267 e. The van der Waals surface area contributed by atoms with E-state index in [0.717, 1.165) is 42.9 Å². The lowest BCUT2D eigenvalue weighted by molar-refractivity contribution is -0.111. The van der Waals surface area contributed by atoms with E-state index in [-0.39, 0.29) is 0 Å². The van der Waals surface area contributed by atoms with Crippen molar-refractivity contribution in [1.82, 2.24) is 5.32 Å². The Morgan fingerprint density at radius 1 is 1.14 bits per heavy atom. The number of piperidine rings is 1. The summed E-state index contributed by atoms with van der Waals surface area (Å²) in [7, 11) is 0. The molecule has 1 aromatic carbocycles. The van der Waals surface area contributed by atoms with E-state index >= 15 is 0 Å². The van der Waals surface area contributed by atoms with E-state index in [1.165, 1.54) is 19.3 Å². The minimum atomic E-state index is -0.487. The predicted octanol–water partition coefficient (Wildman–Crippen LogP) is 7.07. The summed E-state index contributed by atoms with van der Waals surface area (Å²) in [5, 5.41) is 13.0. The Balaban J connectivity index is -0.000000457. The lowest BCUT2D eigenvalue weighted by atomic mass is 9.94. The molecule has 206 valence electrons. The summed E-state index contributed by atoms with van der Waals surface area (Å²) in [6.45, 7) is 24.0. The van der Waals surface area contributed by atoms with E-state index in [2.05, 4.69) is 31.1 Å². The SMILES string of the molecule is CC.CC.CC(C)(O)CC[C@@H]1CCCCN1.CC(C)C.CCCN=C(C(N)=O)c1ccccc1C. The number of hydrogen-bond donors (Lipinski definition) is 3. The van der Waals surface area contributed by atoms with Gasteiger partial charge in [0.2, 0.25) is 0 Å². The molecule has 0 saturated carbocycles. The first-order valence-corrected chi connectivity index (χ1v) is 13.8. The fourth-order valence-electron chi connectivity index (χ4n) is 3.06. The van der Waals surface area contributed by atoms with Crippen molar-refractivity contribution < 1.29 is 9.90 Å². The van der Waals surface area contributed by atoms with Crippen LogP contribution in [0.4, 0.5) is 0 Å². The topological polar surface area (TPSA) is 87.7 Å². The highest BCUT2D eigenvalue weighted by molar-refractivity contribution is 6.45. The molecule has 0 spiro atoms. The number of benzene rings is 1. The molecule has 2 rings (SSSR count). The van der Waals surface area contributed by atoms with Crippen LogP contribution in [0.1, 0.15) is 119 Å². The quantitative estimate of drug-likeness (QED) is 0.355. The second-order valence-electron chi connectivity index (χ2n) is 9.64. The molecule has 0 unspecified atom stereocenters. The van der Waals surface area contributed by atoms with Gasteiger partial charge in [-0.25, -0.2) is 0 Å². The molecule has 4 N–H and O–H groups in total. The van der Waals surface area contributed by atoms with E-state index in [1.54, 1.807) is 0 Å². The maximum atomic E-state index is 11.2.